The van der Waals surface area contributed by atoms with Crippen molar-refractivity contribution in [3.8, 4) is 0 Å². The minimum Gasteiger partial charge on any atom is -0.394 e. The summed E-state index contributed by atoms with van der Waals surface area (Å²) < 4.78 is 0. The Bertz CT molecular complexity index is 540. The molecule has 0 saturated carbocycles. The van der Waals surface area contributed by atoms with Crippen LogP contribution in [0.5, 0.6) is 0 Å². The molecule has 0 unspecified atom stereocenters. The van der Waals surface area contributed by atoms with Crippen LogP contribution in [-0.2, 0) is 0 Å². The molecule has 5 N–H and O–H groups in total. The molecule has 0 aliphatic rings. The second-order valence-electron chi connectivity index (χ2n) is 4.33. The number of benzene rings is 1. The van der Waals surface area contributed by atoms with Crippen molar-refractivity contribution >= 4 is 11.0 Å². The molecule has 2 aromatic rings. The van der Waals surface area contributed by atoms with Gasteiger partial charge in [0.05, 0.1) is 17.6 Å². The van der Waals surface area contributed by atoms with Crippen LogP contribution >= 0.6 is 0 Å². The lowest BCUT2D eigenvalue weighted by molar-refractivity contribution is -0.0800. The first-order chi connectivity index (χ1) is 8.52. The molecule has 6 nitrogen and oxygen atoms in total. The quantitative estimate of drug-likeness (QED) is 0.509. The number of aliphatic hydroxyl groups is 4. The van der Waals surface area contributed by atoms with Crippen molar-refractivity contribution in [2.75, 3.05) is 6.61 Å². The lowest BCUT2D eigenvalue weighted by Gasteiger charge is -2.19. The van der Waals surface area contributed by atoms with Crippen molar-refractivity contribution < 1.29 is 20.4 Å². The first-order valence-corrected chi connectivity index (χ1v) is 5.64. The second-order valence-corrected chi connectivity index (χ2v) is 4.33. The number of aromatic amines is 1. The van der Waals surface area contributed by atoms with E-state index in [2.05, 4.69) is 9.97 Å². The number of fused-ring (bicyclic) bond motifs is 1. The molecule has 3 atom stereocenters. The van der Waals surface area contributed by atoms with Crippen LogP contribution < -0.4 is 0 Å². The molecule has 0 radical (unpaired) electrons. The van der Waals surface area contributed by atoms with Gasteiger partial charge in [0, 0.05) is 0 Å². The van der Waals surface area contributed by atoms with Gasteiger partial charge in [0.1, 0.15) is 24.1 Å². The minimum atomic E-state index is -1.49. The van der Waals surface area contributed by atoms with E-state index in [0.717, 1.165) is 11.1 Å². The van der Waals surface area contributed by atoms with Crippen molar-refractivity contribution in [1.82, 2.24) is 9.97 Å². The molecule has 1 aromatic heterocycles. The molecule has 0 fully saturated rings. The number of hydrogen-bond acceptors (Lipinski definition) is 5. The molecule has 0 amide bonds. The summed E-state index contributed by atoms with van der Waals surface area (Å²) in [6, 6.07) is 5.55. The number of rotatable bonds is 4. The van der Waals surface area contributed by atoms with Crippen molar-refractivity contribution in [1.29, 1.82) is 0 Å². The number of imidazole rings is 1. The largest absolute Gasteiger partial charge is 0.394 e. The highest BCUT2D eigenvalue weighted by atomic mass is 16.4. The summed E-state index contributed by atoms with van der Waals surface area (Å²) in [4.78, 5) is 7.02. The molecule has 98 valence electrons. The highest BCUT2D eigenvalue weighted by molar-refractivity contribution is 5.75. The molecule has 0 aliphatic carbocycles. The third kappa shape index (κ3) is 2.37. The van der Waals surface area contributed by atoms with E-state index < -0.39 is 24.9 Å². The zero-order chi connectivity index (χ0) is 13.3. The summed E-state index contributed by atoms with van der Waals surface area (Å²) in [6.07, 6.45) is -4.27. The summed E-state index contributed by atoms with van der Waals surface area (Å²) in [5.74, 6) is 0.163. The van der Waals surface area contributed by atoms with E-state index in [9.17, 15) is 15.3 Å². The van der Waals surface area contributed by atoms with E-state index in [0.29, 0.717) is 5.52 Å². The van der Waals surface area contributed by atoms with Crippen molar-refractivity contribution in [2.24, 2.45) is 0 Å². The summed E-state index contributed by atoms with van der Waals surface area (Å²) in [5.41, 5.74) is 2.46. The first kappa shape index (κ1) is 13.0. The zero-order valence-corrected chi connectivity index (χ0v) is 9.91. The fourth-order valence-electron chi connectivity index (χ4n) is 1.76. The van der Waals surface area contributed by atoms with Crippen LogP contribution in [0.4, 0.5) is 0 Å². The van der Waals surface area contributed by atoms with Crippen molar-refractivity contribution in [3.63, 3.8) is 0 Å². The highest BCUT2D eigenvalue weighted by Crippen LogP contribution is 2.20. The van der Waals surface area contributed by atoms with Crippen LogP contribution in [0.1, 0.15) is 17.5 Å². The number of H-pyrrole nitrogens is 1. The predicted molar refractivity (Wildman–Crippen MR) is 64.9 cm³/mol. The molecule has 6 heteroatoms. The van der Waals surface area contributed by atoms with Crippen LogP contribution in [0, 0.1) is 6.92 Å². The summed E-state index contributed by atoms with van der Waals surface area (Å²) in [5, 5.41) is 37.4. The van der Waals surface area contributed by atoms with E-state index in [1.807, 2.05) is 19.1 Å². The van der Waals surface area contributed by atoms with Gasteiger partial charge in [-0.2, -0.15) is 0 Å². The summed E-state index contributed by atoms with van der Waals surface area (Å²) >= 11 is 0. The Hall–Kier alpha value is -1.47. The fraction of sp³-hybridized carbons (Fsp3) is 0.417. The molecule has 1 aromatic carbocycles. The average Bonchev–Trinajstić information content (AvgIpc) is 2.78. The topological polar surface area (TPSA) is 110 Å². The van der Waals surface area contributed by atoms with E-state index >= 15 is 0 Å². The molecular formula is C12H16N2O4. The van der Waals surface area contributed by atoms with E-state index in [1.165, 1.54) is 0 Å². The maximum atomic E-state index is 9.85. The Morgan fingerprint density at radius 3 is 2.67 bits per heavy atom. The Morgan fingerprint density at radius 2 is 2.00 bits per heavy atom. The summed E-state index contributed by atoms with van der Waals surface area (Å²) in [7, 11) is 0. The molecule has 0 aliphatic heterocycles. The number of aromatic nitrogens is 2. The normalized spacial score (nSPS) is 16.7. The fourth-order valence-corrected chi connectivity index (χ4v) is 1.76. The van der Waals surface area contributed by atoms with Gasteiger partial charge in [-0.1, -0.05) is 6.07 Å². The van der Waals surface area contributed by atoms with Gasteiger partial charge in [-0.05, 0) is 24.6 Å². The van der Waals surface area contributed by atoms with Crippen LogP contribution in [0.25, 0.3) is 11.0 Å². The number of nitrogens with zero attached hydrogens (tertiary/aromatic N) is 1. The number of nitrogens with one attached hydrogen (secondary N) is 1. The van der Waals surface area contributed by atoms with Crippen LogP contribution in [0.3, 0.4) is 0 Å². The monoisotopic (exact) mass is 252 g/mol. The van der Waals surface area contributed by atoms with Crippen LogP contribution in [-0.4, -0.2) is 49.2 Å². The predicted octanol–water partition coefficient (Wildman–Crippen LogP) is -0.381. The van der Waals surface area contributed by atoms with Gasteiger partial charge in [0.2, 0.25) is 0 Å². The second kappa shape index (κ2) is 5.03. The Balaban J connectivity index is 2.30. The average molecular weight is 252 g/mol. The lowest BCUT2D eigenvalue weighted by Crippen LogP contribution is -2.35. The standard InChI is InChI=1S/C12H16N2O4/c1-6-2-3-7-8(4-6)14-12(13-7)11(18)10(17)9(16)5-15/h2-4,9-11,15-18H,5H2,1H3,(H,13,14)/t9-,10-,11-/m0/s1. The van der Waals surface area contributed by atoms with E-state index in [-0.39, 0.29) is 5.82 Å². The maximum absolute atomic E-state index is 9.85. The van der Waals surface area contributed by atoms with Gasteiger partial charge in [0.25, 0.3) is 0 Å². The highest BCUT2D eigenvalue weighted by Gasteiger charge is 2.27. The van der Waals surface area contributed by atoms with Gasteiger partial charge >= 0.3 is 0 Å². The first-order valence-electron chi connectivity index (χ1n) is 5.64. The molecule has 0 spiro atoms. The van der Waals surface area contributed by atoms with Crippen molar-refractivity contribution in [2.45, 2.75) is 25.2 Å². The number of hydrogen-bond donors (Lipinski definition) is 5. The van der Waals surface area contributed by atoms with Crippen LogP contribution in [0.2, 0.25) is 0 Å². The van der Waals surface area contributed by atoms with E-state index in [1.54, 1.807) is 6.07 Å². The molecule has 1 heterocycles. The lowest BCUT2D eigenvalue weighted by atomic mass is 10.1. The zero-order valence-electron chi connectivity index (χ0n) is 9.91. The Morgan fingerprint density at radius 1 is 1.28 bits per heavy atom. The van der Waals surface area contributed by atoms with Crippen LogP contribution in [0.15, 0.2) is 18.2 Å². The van der Waals surface area contributed by atoms with E-state index in [4.69, 9.17) is 5.11 Å². The third-order valence-corrected chi connectivity index (χ3v) is 2.84. The van der Waals surface area contributed by atoms with Gasteiger partial charge in [-0.15, -0.1) is 0 Å². The van der Waals surface area contributed by atoms with Gasteiger partial charge in [-0.25, -0.2) is 4.98 Å². The SMILES string of the molecule is Cc1ccc2nc([C@@H](O)[C@@H](O)[C@@H](O)CO)[nH]c2c1. The van der Waals surface area contributed by atoms with Gasteiger partial charge in [0.15, 0.2) is 0 Å². The molecular weight excluding hydrogens is 236 g/mol. The van der Waals surface area contributed by atoms with Crippen molar-refractivity contribution in [3.05, 3.63) is 29.6 Å². The summed E-state index contributed by atoms with van der Waals surface area (Å²) in [6.45, 7) is 1.30. The smallest absolute Gasteiger partial charge is 0.140 e. The number of aliphatic hydroxyl groups excluding tert-OH is 4. The molecule has 0 bridgehead atoms. The molecule has 2 rings (SSSR count). The van der Waals surface area contributed by atoms with Gasteiger partial charge < -0.3 is 25.4 Å². The third-order valence-electron chi connectivity index (χ3n) is 2.84. The minimum absolute atomic E-state index is 0.163. The van der Waals surface area contributed by atoms with Gasteiger partial charge in [-0.3, -0.25) is 0 Å². The molecule has 0 saturated heterocycles. The number of aryl methyl sites for hydroxylation is 1. The maximum Gasteiger partial charge on any atom is 0.140 e. The Kier molecular flexibility index (Phi) is 3.63. The Labute approximate surface area is 104 Å². The molecule has 18 heavy (non-hydrogen) atoms.